The highest BCUT2D eigenvalue weighted by molar-refractivity contribution is 5.59. The van der Waals surface area contributed by atoms with Crippen LogP contribution in [-0.4, -0.2) is 21.8 Å². The van der Waals surface area contributed by atoms with Crippen LogP contribution in [0.25, 0.3) is 0 Å². The number of nitrogens with zero attached hydrogens (tertiary/aromatic N) is 2. The van der Waals surface area contributed by atoms with Gasteiger partial charge in [0.2, 0.25) is 5.88 Å². The van der Waals surface area contributed by atoms with Crippen molar-refractivity contribution in [3.63, 3.8) is 0 Å². The van der Waals surface area contributed by atoms with Crippen LogP contribution < -0.4 is 15.0 Å². The SMILES string of the molecule is COc1ccccc1[C@@H]1c2ccc(O)cc2Oc2ncn(Cc3ccco3)c(=N)c21. The van der Waals surface area contributed by atoms with Gasteiger partial charge < -0.3 is 23.6 Å². The molecule has 7 nitrogen and oxygen atoms in total. The molecule has 2 aromatic carbocycles. The highest BCUT2D eigenvalue weighted by atomic mass is 16.5. The van der Waals surface area contributed by atoms with E-state index in [1.807, 2.05) is 42.5 Å². The Morgan fingerprint density at radius 1 is 1.13 bits per heavy atom. The van der Waals surface area contributed by atoms with Gasteiger partial charge in [-0.25, -0.2) is 4.98 Å². The van der Waals surface area contributed by atoms with E-state index >= 15 is 0 Å². The van der Waals surface area contributed by atoms with E-state index in [2.05, 4.69) is 4.98 Å². The Morgan fingerprint density at radius 2 is 2.00 bits per heavy atom. The lowest BCUT2D eigenvalue weighted by Gasteiger charge is -2.29. The molecule has 4 aromatic rings. The molecule has 0 amide bonds. The van der Waals surface area contributed by atoms with Gasteiger partial charge in [0.25, 0.3) is 0 Å². The second kappa shape index (κ2) is 7.11. The van der Waals surface area contributed by atoms with E-state index in [9.17, 15) is 5.11 Å². The van der Waals surface area contributed by atoms with Crippen LogP contribution in [0.2, 0.25) is 0 Å². The lowest BCUT2D eigenvalue weighted by Crippen LogP contribution is -2.30. The highest BCUT2D eigenvalue weighted by Crippen LogP contribution is 2.47. The summed E-state index contributed by atoms with van der Waals surface area (Å²) < 4.78 is 18.8. The third-order valence-electron chi connectivity index (χ3n) is 5.25. The molecular weight excluding hydrogens is 382 g/mol. The molecule has 7 heteroatoms. The lowest BCUT2D eigenvalue weighted by atomic mass is 9.83. The van der Waals surface area contributed by atoms with Crippen LogP contribution >= 0.6 is 0 Å². The molecule has 3 heterocycles. The van der Waals surface area contributed by atoms with Gasteiger partial charge >= 0.3 is 0 Å². The number of nitrogens with one attached hydrogen (secondary N) is 1. The minimum absolute atomic E-state index is 0.103. The van der Waals surface area contributed by atoms with E-state index in [1.54, 1.807) is 36.4 Å². The Hall–Kier alpha value is -4.00. The van der Waals surface area contributed by atoms with Gasteiger partial charge in [-0.15, -0.1) is 0 Å². The molecule has 0 bridgehead atoms. The fourth-order valence-electron chi connectivity index (χ4n) is 3.87. The van der Waals surface area contributed by atoms with Crippen LogP contribution in [0.1, 0.15) is 28.4 Å². The molecule has 0 saturated carbocycles. The first-order chi connectivity index (χ1) is 14.7. The molecular formula is C23H19N3O4. The maximum absolute atomic E-state index is 9.96. The van der Waals surface area contributed by atoms with Crippen LogP contribution in [0, 0.1) is 5.41 Å². The summed E-state index contributed by atoms with van der Waals surface area (Å²) in [6, 6.07) is 16.4. The number of benzene rings is 2. The first-order valence-corrected chi connectivity index (χ1v) is 9.45. The topological polar surface area (TPSA) is 93.5 Å². The van der Waals surface area contributed by atoms with Crippen LogP contribution in [0.3, 0.4) is 0 Å². The van der Waals surface area contributed by atoms with Gasteiger partial charge in [-0.1, -0.05) is 24.3 Å². The average Bonchev–Trinajstić information content (AvgIpc) is 3.27. The summed E-state index contributed by atoms with van der Waals surface area (Å²) in [6.45, 7) is 0.382. The summed E-state index contributed by atoms with van der Waals surface area (Å²) in [5.74, 6) is 2.04. The van der Waals surface area contributed by atoms with Crippen molar-refractivity contribution in [3.05, 3.63) is 95.1 Å². The molecule has 0 unspecified atom stereocenters. The molecule has 2 N–H and O–H groups in total. The minimum Gasteiger partial charge on any atom is -0.508 e. The van der Waals surface area contributed by atoms with E-state index in [-0.39, 0.29) is 17.2 Å². The first kappa shape index (κ1) is 18.1. The summed E-state index contributed by atoms with van der Waals surface area (Å²) in [7, 11) is 1.62. The molecule has 30 heavy (non-hydrogen) atoms. The van der Waals surface area contributed by atoms with Crippen molar-refractivity contribution in [2.75, 3.05) is 7.11 Å². The Balaban J connectivity index is 1.74. The molecule has 0 saturated heterocycles. The van der Waals surface area contributed by atoms with Crippen LogP contribution in [0.5, 0.6) is 23.1 Å². The molecule has 1 atom stereocenters. The van der Waals surface area contributed by atoms with Gasteiger partial charge in [0.15, 0.2) is 0 Å². The number of fused-ring (bicyclic) bond motifs is 2. The average molecular weight is 401 g/mol. The van der Waals surface area contributed by atoms with Crippen molar-refractivity contribution in [2.45, 2.75) is 12.5 Å². The molecule has 2 aromatic heterocycles. The molecule has 0 aliphatic carbocycles. The Bertz CT molecular complexity index is 1280. The zero-order valence-corrected chi connectivity index (χ0v) is 16.2. The quantitative estimate of drug-likeness (QED) is 0.475. The molecule has 150 valence electrons. The number of furan rings is 1. The minimum atomic E-state index is -0.343. The molecule has 1 aliphatic rings. The van der Waals surface area contributed by atoms with Crippen molar-refractivity contribution >= 4 is 0 Å². The van der Waals surface area contributed by atoms with Gasteiger partial charge in [0.1, 0.15) is 34.8 Å². The second-order valence-electron chi connectivity index (χ2n) is 7.02. The van der Waals surface area contributed by atoms with Gasteiger partial charge in [-0.05, 0) is 24.3 Å². The van der Waals surface area contributed by atoms with Crippen molar-refractivity contribution < 1.29 is 19.0 Å². The number of aromatic nitrogens is 2. The summed E-state index contributed by atoms with van der Waals surface area (Å²) in [4.78, 5) is 4.48. The number of rotatable bonds is 4. The van der Waals surface area contributed by atoms with Crippen LogP contribution in [0.4, 0.5) is 0 Å². The molecule has 5 rings (SSSR count). The fourth-order valence-corrected chi connectivity index (χ4v) is 3.87. The highest BCUT2D eigenvalue weighted by Gasteiger charge is 2.33. The van der Waals surface area contributed by atoms with Crippen molar-refractivity contribution in [1.82, 2.24) is 9.55 Å². The Morgan fingerprint density at radius 3 is 2.80 bits per heavy atom. The second-order valence-corrected chi connectivity index (χ2v) is 7.02. The number of phenolic OH excluding ortho intramolecular Hbond substituents is 1. The van der Waals surface area contributed by atoms with Crippen LogP contribution in [-0.2, 0) is 6.54 Å². The molecule has 0 spiro atoms. The monoisotopic (exact) mass is 401 g/mol. The summed E-state index contributed by atoms with van der Waals surface area (Å²) >= 11 is 0. The zero-order valence-electron chi connectivity index (χ0n) is 16.2. The van der Waals surface area contributed by atoms with E-state index in [0.29, 0.717) is 29.5 Å². The van der Waals surface area contributed by atoms with E-state index in [0.717, 1.165) is 16.9 Å². The third-order valence-corrected chi connectivity index (χ3v) is 5.25. The van der Waals surface area contributed by atoms with Crippen molar-refractivity contribution in [2.24, 2.45) is 0 Å². The Kier molecular flexibility index (Phi) is 4.28. The Labute approximate surface area is 172 Å². The van der Waals surface area contributed by atoms with Crippen molar-refractivity contribution in [3.8, 4) is 23.1 Å². The van der Waals surface area contributed by atoms with E-state index < -0.39 is 0 Å². The number of methoxy groups -OCH3 is 1. The predicted octanol–water partition coefficient (Wildman–Crippen LogP) is 4.00. The van der Waals surface area contributed by atoms with E-state index in [1.165, 1.54) is 0 Å². The van der Waals surface area contributed by atoms with Crippen LogP contribution in [0.15, 0.2) is 71.6 Å². The molecule has 0 radical (unpaired) electrons. The summed E-state index contributed by atoms with van der Waals surface area (Å²) in [6.07, 6.45) is 3.17. The van der Waals surface area contributed by atoms with Gasteiger partial charge in [0.05, 0.1) is 31.4 Å². The lowest BCUT2D eigenvalue weighted by molar-refractivity contribution is 0.397. The maximum atomic E-state index is 9.96. The molecule has 0 fully saturated rings. The largest absolute Gasteiger partial charge is 0.508 e. The van der Waals surface area contributed by atoms with E-state index in [4.69, 9.17) is 19.3 Å². The number of phenols is 1. The number of aromatic hydroxyl groups is 1. The smallest absolute Gasteiger partial charge is 0.228 e. The summed E-state index contributed by atoms with van der Waals surface area (Å²) in [5.41, 5.74) is 2.62. The predicted molar refractivity (Wildman–Crippen MR) is 108 cm³/mol. The maximum Gasteiger partial charge on any atom is 0.228 e. The number of para-hydroxylation sites is 1. The fraction of sp³-hybridized carbons (Fsp3) is 0.130. The van der Waals surface area contributed by atoms with Gasteiger partial charge in [-0.3, -0.25) is 5.41 Å². The first-order valence-electron chi connectivity index (χ1n) is 9.45. The van der Waals surface area contributed by atoms with Gasteiger partial charge in [-0.2, -0.15) is 0 Å². The van der Waals surface area contributed by atoms with Crippen molar-refractivity contribution in [1.29, 1.82) is 5.41 Å². The number of hydrogen-bond donors (Lipinski definition) is 2. The molecule has 1 aliphatic heterocycles. The number of hydrogen-bond acceptors (Lipinski definition) is 6. The normalized spacial score (nSPS) is 14.5. The standard InChI is InChI=1S/C23H19N3O4/c1-28-18-7-3-2-6-16(18)20-17-9-8-14(27)11-19(17)30-23-21(20)22(24)26(13-25-23)12-15-5-4-10-29-15/h2-11,13,20,24,27H,12H2,1H3/t20-/m1/s1. The van der Waals surface area contributed by atoms with Gasteiger partial charge in [0, 0.05) is 17.2 Å². The summed E-state index contributed by atoms with van der Waals surface area (Å²) in [5, 5.41) is 18.9. The number of ether oxygens (including phenoxy) is 2. The zero-order chi connectivity index (χ0) is 20.7. The third kappa shape index (κ3) is 2.91.